The van der Waals surface area contributed by atoms with Crippen LogP contribution in [0.5, 0.6) is 0 Å². The number of carbonyl (C=O) groups excluding carboxylic acids is 2. The Morgan fingerprint density at radius 2 is 1.91 bits per heavy atom. The van der Waals surface area contributed by atoms with E-state index in [1.165, 1.54) is 0 Å². The zero-order valence-corrected chi connectivity index (χ0v) is 18.4. The normalized spacial score (nSPS) is 14.2. The second-order valence-electron chi connectivity index (χ2n) is 7.93. The van der Waals surface area contributed by atoms with Gasteiger partial charge in [0.1, 0.15) is 13.2 Å². The van der Waals surface area contributed by atoms with E-state index in [2.05, 4.69) is 20.4 Å². The molecule has 33 heavy (non-hydrogen) atoms. The van der Waals surface area contributed by atoms with Gasteiger partial charge in [-0.1, -0.05) is 35.5 Å². The topological polar surface area (TPSA) is 110 Å². The first-order chi connectivity index (χ1) is 16.2. The molecule has 9 heteroatoms. The lowest BCUT2D eigenvalue weighted by atomic mass is 9.97. The monoisotopic (exact) mass is 449 g/mol. The Hall–Kier alpha value is -3.59. The number of aromatic nitrogens is 3. The van der Waals surface area contributed by atoms with Crippen molar-refractivity contribution in [3.05, 3.63) is 66.3 Å². The summed E-state index contributed by atoms with van der Waals surface area (Å²) in [6, 6.07) is 13.6. The number of nitrogens with zero attached hydrogens (tertiary/aromatic N) is 4. The quantitative estimate of drug-likeness (QED) is 0.533. The predicted molar refractivity (Wildman–Crippen MR) is 120 cm³/mol. The van der Waals surface area contributed by atoms with Gasteiger partial charge in [-0.25, -0.2) is 0 Å². The highest BCUT2D eigenvalue weighted by molar-refractivity contribution is 5.79. The molecule has 0 bridgehead atoms. The molecule has 0 saturated carbocycles. The third-order valence-corrected chi connectivity index (χ3v) is 5.60. The SMILES string of the molecule is O=C(COCC(=O)N1CCC(c2nc(-c3cccnc3)no2)CC1)NCCc1ccccc1. The average Bonchev–Trinajstić information content (AvgIpc) is 3.36. The molecule has 1 aliphatic rings. The number of nitrogens with one attached hydrogen (secondary N) is 1. The summed E-state index contributed by atoms with van der Waals surface area (Å²) in [4.78, 5) is 34.6. The number of benzene rings is 1. The molecule has 1 aliphatic heterocycles. The molecule has 1 N–H and O–H groups in total. The first-order valence-corrected chi connectivity index (χ1v) is 11.1. The van der Waals surface area contributed by atoms with Crippen molar-refractivity contribution in [2.24, 2.45) is 0 Å². The Morgan fingerprint density at radius 3 is 2.67 bits per heavy atom. The lowest BCUT2D eigenvalue weighted by Gasteiger charge is -2.30. The third-order valence-electron chi connectivity index (χ3n) is 5.60. The standard InChI is InChI=1S/C24H27N5O4/c30-21(26-12-8-18-5-2-1-3-6-18)16-32-17-22(31)29-13-9-19(10-14-29)24-27-23(28-33-24)20-7-4-11-25-15-20/h1-7,11,15,19H,8-10,12-14,16-17H2,(H,26,30). The second kappa shape index (κ2) is 11.3. The van der Waals surface area contributed by atoms with Crippen molar-refractivity contribution >= 4 is 11.8 Å². The summed E-state index contributed by atoms with van der Waals surface area (Å²) in [7, 11) is 0. The first-order valence-electron chi connectivity index (χ1n) is 11.1. The van der Waals surface area contributed by atoms with Crippen molar-refractivity contribution < 1.29 is 18.8 Å². The highest BCUT2D eigenvalue weighted by Crippen LogP contribution is 2.28. The van der Waals surface area contributed by atoms with E-state index < -0.39 is 0 Å². The van der Waals surface area contributed by atoms with Crippen LogP contribution in [0.25, 0.3) is 11.4 Å². The molecule has 1 saturated heterocycles. The fourth-order valence-corrected chi connectivity index (χ4v) is 3.75. The van der Waals surface area contributed by atoms with Crippen LogP contribution in [0.2, 0.25) is 0 Å². The van der Waals surface area contributed by atoms with Crippen molar-refractivity contribution in [2.45, 2.75) is 25.2 Å². The van der Waals surface area contributed by atoms with Crippen LogP contribution in [-0.2, 0) is 20.7 Å². The summed E-state index contributed by atoms with van der Waals surface area (Å²) >= 11 is 0. The van der Waals surface area contributed by atoms with Gasteiger partial charge in [0.25, 0.3) is 0 Å². The maximum Gasteiger partial charge on any atom is 0.248 e. The highest BCUT2D eigenvalue weighted by atomic mass is 16.5. The molecule has 3 aromatic rings. The fraction of sp³-hybridized carbons (Fsp3) is 0.375. The maximum atomic E-state index is 12.4. The van der Waals surface area contributed by atoms with Gasteiger partial charge in [-0.2, -0.15) is 4.98 Å². The predicted octanol–water partition coefficient (Wildman–Crippen LogP) is 2.21. The van der Waals surface area contributed by atoms with Crippen LogP contribution in [0.15, 0.2) is 59.4 Å². The number of pyridine rings is 1. The van der Waals surface area contributed by atoms with Gasteiger partial charge < -0.3 is 19.5 Å². The Labute approximate surface area is 192 Å². The van der Waals surface area contributed by atoms with Crippen molar-refractivity contribution in [1.82, 2.24) is 25.3 Å². The van der Waals surface area contributed by atoms with Gasteiger partial charge in [0.05, 0.1) is 0 Å². The summed E-state index contributed by atoms with van der Waals surface area (Å²) in [5.41, 5.74) is 1.97. The molecule has 172 valence electrons. The van der Waals surface area contributed by atoms with Gasteiger partial charge in [0.2, 0.25) is 23.5 Å². The molecule has 1 aromatic carbocycles. The van der Waals surface area contributed by atoms with E-state index in [1.54, 1.807) is 17.3 Å². The fourth-order valence-electron chi connectivity index (χ4n) is 3.75. The number of hydrogen-bond acceptors (Lipinski definition) is 7. The molecule has 2 amide bonds. The van der Waals surface area contributed by atoms with E-state index in [0.717, 1.165) is 30.4 Å². The number of amides is 2. The van der Waals surface area contributed by atoms with Gasteiger partial charge in [-0.05, 0) is 37.0 Å². The van der Waals surface area contributed by atoms with E-state index in [1.807, 2.05) is 42.5 Å². The molecule has 0 radical (unpaired) electrons. The number of hydrogen-bond donors (Lipinski definition) is 1. The zero-order valence-electron chi connectivity index (χ0n) is 18.4. The molecular weight excluding hydrogens is 422 g/mol. The minimum atomic E-state index is -0.224. The maximum absolute atomic E-state index is 12.4. The Morgan fingerprint density at radius 1 is 1.09 bits per heavy atom. The average molecular weight is 450 g/mol. The molecule has 0 spiro atoms. The van der Waals surface area contributed by atoms with Gasteiger partial charge in [0, 0.05) is 43.5 Å². The van der Waals surface area contributed by atoms with Crippen LogP contribution >= 0.6 is 0 Å². The van der Waals surface area contributed by atoms with Gasteiger partial charge >= 0.3 is 0 Å². The summed E-state index contributed by atoms with van der Waals surface area (Å²) in [6.45, 7) is 1.46. The third kappa shape index (κ3) is 6.45. The largest absolute Gasteiger partial charge is 0.362 e. The van der Waals surface area contributed by atoms with E-state index >= 15 is 0 Å². The number of ether oxygens (including phenoxy) is 1. The lowest BCUT2D eigenvalue weighted by Crippen LogP contribution is -2.40. The molecular formula is C24H27N5O4. The van der Waals surface area contributed by atoms with Crippen LogP contribution in [0.1, 0.15) is 30.2 Å². The first kappa shape index (κ1) is 22.6. The van der Waals surface area contributed by atoms with Crippen LogP contribution in [0, 0.1) is 0 Å². The van der Waals surface area contributed by atoms with Gasteiger partial charge in [0.15, 0.2) is 0 Å². The van der Waals surface area contributed by atoms with Crippen molar-refractivity contribution in [2.75, 3.05) is 32.8 Å². The number of likely N-dealkylation sites (tertiary alicyclic amines) is 1. The Balaban J connectivity index is 1.13. The smallest absolute Gasteiger partial charge is 0.248 e. The van der Waals surface area contributed by atoms with Crippen molar-refractivity contribution in [3.63, 3.8) is 0 Å². The number of piperidine rings is 1. The molecule has 0 atom stereocenters. The summed E-state index contributed by atoms with van der Waals surface area (Å²) in [5, 5.41) is 6.85. The van der Waals surface area contributed by atoms with Gasteiger partial charge in [-0.15, -0.1) is 0 Å². The Bertz CT molecular complexity index is 1030. The number of rotatable bonds is 9. The molecule has 3 heterocycles. The van der Waals surface area contributed by atoms with Crippen LogP contribution in [0.3, 0.4) is 0 Å². The van der Waals surface area contributed by atoms with Crippen LogP contribution < -0.4 is 5.32 Å². The number of carbonyl (C=O) groups is 2. The van der Waals surface area contributed by atoms with E-state index in [-0.39, 0.29) is 30.9 Å². The van der Waals surface area contributed by atoms with E-state index in [9.17, 15) is 9.59 Å². The second-order valence-corrected chi connectivity index (χ2v) is 7.93. The van der Waals surface area contributed by atoms with Crippen LogP contribution in [0.4, 0.5) is 0 Å². The van der Waals surface area contributed by atoms with Crippen molar-refractivity contribution in [1.29, 1.82) is 0 Å². The highest BCUT2D eigenvalue weighted by Gasteiger charge is 2.27. The van der Waals surface area contributed by atoms with Crippen molar-refractivity contribution in [3.8, 4) is 11.4 Å². The molecule has 2 aromatic heterocycles. The molecule has 0 unspecified atom stereocenters. The summed E-state index contributed by atoms with van der Waals surface area (Å²) < 4.78 is 10.8. The van der Waals surface area contributed by atoms with Gasteiger partial charge in [-0.3, -0.25) is 14.6 Å². The molecule has 9 nitrogen and oxygen atoms in total. The summed E-state index contributed by atoms with van der Waals surface area (Å²) in [5.74, 6) is 0.880. The zero-order chi connectivity index (χ0) is 22.9. The minimum absolute atomic E-state index is 0.109. The lowest BCUT2D eigenvalue weighted by molar-refractivity contribution is -0.139. The molecule has 4 rings (SSSR count). The molecule has 0 aliphatic carbocycles. The van der Waals surface area contributed by atoms with E-state index in [4.69, 9.17) is 9.26 Å². The Kier molecular flexibility index (Phi) is 7.76. The molecule has 1 fully saturated rings. The van der Waals surface area contributed by atoms with E-state index in [0.29, 0.717) is 31.3 Å². The summed E-state index contributed by atoms with van der Waals surface area (Å²) in [6.07, 6.45) is 5.61. The van der Waals surface area contributed by atoms with Crippen LogP contribution in [-0.4, -0.2) is 64.7 Å². The minimum Gasteiger partial charge on any atom is -0.362 e.